The monoisotopic (exact) mass is 726 g/mol. The van der Waals surface area contributed by atoms with Crippen molar-refractivity contribution in [3.8, 4) is 0 Å². The Bertz CT molecular complexity index is 1850. The molecule has 0 saturated carbocycles. The van der Waals surface area contributed by atoms with Gasteiger partial charge in [-0.15, -0.1) is 0 Å². The second-order valence-electron chi connectivity index (χ2n) is 11.8. The third-order valence-electron chi connectivity index (χ3n) is 8.66. The van der Waals surface area contributed by atoms with Crippen molar-refractivity contribution in [3.63, 3.8) is 0 Å². The van der Waals surface area contributed by atoms with Crippen LogP contribution in [0.25, 0.3) is 22.3 Å². The van der Waals surface area contributed by atoms with Gasteiger partial charge >= 0.3 is 14.3 Å². The second kappa shape index (κ2) is 12.6. The lowest BCUT2D eigenvalue weighted by Crippen LogP contribution is -2.37. The van der Waals surface area contributed by atoms with Gasteiger partial charge in [0.15, 0.2) is 36.1 Å². The van der Waals surface area contributed by atoms with E-state index in [-0.39, 0.29) is 0 Å². The van der Waals surface area contributed by atoms with Crippen LogP contribution in [0.4, 0.5) is 8.78 Å². The van der Waals surface area contributed by atoms with Crippen LogP contribution in [-0.4, -0.2) is 101 Å². The zero-order chi connectivity index (χ0) is 33.2. The third kappa shape index (κ3) is 5.93. The van der Waals surface area contributed by atoms with Gasteiger partial charge in [-0.3, -0.25) is 22.7 Å². The molecule has 5 aliphatic heterocycles. The van der Waals surface area contributed by atoms with Crippen LogP contribution in [0.3, 0.4) is 0 Å². The van der Waals surface area contributed by atoms with Crippen LogP contribution >= 0.6 is 14.3 Å². The van der Waals surface area contributed by atoms with E-state index in [1.54, 1.807) is 0 Å². The number of fused-ring (bicyclic) bond motifs is 10. The highest BCUT2D eigenvalue weighted by Crippen LogP contribution is 2.54. The topological polar surface area (TPSA) is 180 Å². The van der Waals surface area contributed by atoms with Gasteiger partial charge in [0, 0.05) is 6.66 Å². The molecule has 0 aliphatic carbocycles. The molecule has 3 saturated heterocycles. The highest BCUT2D eigenvalue weighted by molar-refractivity contribution is 8.07. The zero-order valence-electron chi connectivity index (χ0n) is 25.3. The van der Waals surface area contributed by atoms with Gasteiger partial charge < -0.3 is 23.4 Å². The van der Waals surface area contributed by atoms with Crippen LogP contribution in [0.1, 0.15) is 36.7 Å². The van der Waals surface area contributed by atoms with Crippen molar-refractivity contribution in [2.24, 2.45) is 0 Å². The number of hydrogen-bond donors (Lipinski definition) is 1. The summed E-state index contributed by atoms with van der Waals surface area (Å²) >= 11 is 5.25. The molecule has 256 valence electrons. The normalized spacial score (nSPS) is 38.3. The van der Waals surface area contributed by atoms with Crippen LogP contribution in [0.5, 0.6) is 0 Å². The number of aromatic nitrogens is 8. The zero-order valence-corrected chi connectivity index (χ0v) is 27.9. The lowest BCUT2D eigenvalue weighted by molar-refractivity contribution is -0.0574. The van der Waals surface area contributed by atoms with Gasteiger partial charge in [-0.2, -0.15) is 0 Å². The summed E-state index contributed by atoms with van der Waals surface area (Å²) in [7, 11) is -4.05. The molecule has 10 atom stereocenters. The van der Waals surface area contributed by atoms with Crippen molar-refractivity contribution in [2.45, 2.75) is 74.9 Å². The Balaban J connectivity index is 1.21. The molecule has 1 unspecified atom stereocenters. The van der Waals surface area contributed by atoms with Gasteiger partial charge in [0.05, 0.1) is 37.3 Å². The van der Waals surface area contributed by atoms with Gasteiger partial charge in [-0.05, 0) is 37.5 Å². The van der Waals surface area contributed by atoms with Crippen LogP contribution in [-0.2, 0) is 56.8 Å². The molecule has 48 heavy (non-hydrogen) atoms. The molecule has 16 nitrogen and oxygen atoms in total. The van der Waals surface area contributed by atoms with E-state index >= 15 is 8.78 Å². The first-order valence-electron chi connectivity index (χ1n) is 15.2. The van der Waals surface area contributed by atoms with E-state index in [0.29, 0.717) is 59.4 Å². The highest BCUT2D eigenvalue weighted by atomic mass is 32.5. The number of halogens is 2. The molecule has 3 fully saturated rings. The lowest BCUT2D eigenvalue weighted by atomic mass is 10.1. The molecule has 0 radical (unpaired) electrons. The summed E-state index contributed by atoms with van der Waals surface area (Å²) in [5, 5.41) is 0. The van der Waals surface area contributed by atoms with E-state index in [4.69, 9.17) is 39.4 Å². The first-order valence-corrected chi connectivity index (χ1v) is 19.8. The van der Waals surface area contributed by atoms with Gasteiger partial charge in [-0.25, -0.2) is 38.7 Å². The Hall–Kier alpha value is -2.70. The minimum atomic E-state index is -4.21. The van der Waals surface area contributed by atoms with E-state index in [0.717, 1.165) is 6.66 Å². The summed E-state index contributed by atoms with van der Waals surface area (Å²) in [6.07, 6.45) is -0.142. The van der Waals surface area contributed by atoms with Crippen LogP contribution in [0.15, 0.2) is 37.5 Å². The Morgan fingerprint density at radius 2 is 1.29 bits per heavy atom. The first-order chi connectivity index (χ1) is 23.1. The maximum atomic E-state index is 16.3. The number of ether oxygens (including phenoxy) is 2. The summed E-state index contributed by atoms with van der Waals surface area (Å²) in [5.41, 5.74) is 2.88. The van der Waals surface area contributed by atoms with Crippen molar-refractivity contribution in [3.05, 3.63) is 48.8 Å². The predicted octanol–water partition coefficient (Wildman–Crippen LogP) is 3.43. The SMILES string of the molecule is C[P@]1(=O)OC[C@H]2O[C@@H]3[C@H](F)[C@@H]2OP(O)(=S)OC[C@H]2O[C@H]([C@H](F)[C@@H]2O1)n1cnc2c(ncnc21)CC/C=C/CCc1ncnc2c1ncn23. The summed E-state index contributed by atoms with van der Waals surface area (Å²) in [5.74, 6) is 0. The number of rotatable bonds is 0. The smallest absolute Gasteiger partial charge is 0.328 e. The van der Waals surface area contributed by atoms with Crippen LogP contribution in [0, 0.1) is 0 Å². The van der Waals surface area contributed by atoms with Gasteiger partial charge in [0.2, 0.25) is 0 Å². The second-order valence-corrected chi connectivity index (χ2v) is 16.6. The largest absolute Gasteiger partial charge is 0.346 e. The van der Waals surface area contributed by atoms with Gasteiger partial charge in [0.1, 0.15) is 48.1 Å². The van der Waals surface area contributed by atoms with Crippen molar-refractivity contribution < 1.29 is 45.8 Å². The molecule has 21 heteroatoms. The molecular formula is C27H30F2N8O8P2S. The van der Waals surface area contributed by atoms with Crippen LogP contribution in [0.2, 0.25) is 0 Å². The summed E-state index contributed by atoms with van der Waals surface area (Å²) in [6, 6.07) is 0. The molecule has 5 aliphatic rings. The van der Waals surface area contributed by atoms with Gasteiger partial charge in [-0.1, -0.05) is 12.2 Å². The molecule has 14 bridgehead atoms. The Morgan fingerprint density at radius 1 is 0.792 bits per heavy atom. The minimum Gasteiger partial charge on any atom is -0.346 e. The molecule has 4 aromatic rings. The maximum Gasteiger partial charge on any atom is 0.328 e. The highest BCUT2D eigenvalue weighted by Gasteiger charge is 2.54. The molecule has 0 aromatic carbocycles. The number of imidazole rings is 2. The van der Waals surface area contributed by atoms with E-state index < -0.39 is 76.7 Å². The molecule has 9 rings (SSSR count). The van der Waals surface area contributed by atoms with E-state index in [1.807, 2.05) is 12.2 Å². The fourth-order valence-corrected chi connectivity index (χ4v) is 8.99. The average Bonchev–Trinajstić information content (AvgIpc) is 3.81. The van der Waals surface area contributed by atoms with Crippen molar-refractivity contribution in [2.75, 3.05) is 19.9 Å². The van der Waals surface area contributed by atoms with Crippen molar-refractivity contribution in [1.82, 2.24) is 39.0 Å². The van der Waals surface area contributed by atoms with E-state index in [9.17, 15) is 9.46 Å². The Labute approximate surface area is 276 Å². The van der Waals surface area contributed by atoms with Gasteiger partial charge in [0.25, 0.3) is 0 Å². The Morgan fingerprint density at radius 3 is 1.83 bits per heavy atom. The summed E-state index contributed by atoms with van der Waals surface area (Å²) in [6.45, 7) is -4.11. The fourth-order valence-electron chi connectivity index (χ4n) is 6.38. The number of allylic oxidation sites excluding steroid dienone is 2. The molecule has 4 aromatic heterocycles. The number of nitrogens with zero attached hydrogens (tertiary/aromatic N) is 8. The standard InChI is InChI=1S/C27H30F2N8O8P2S/c1-46(38)40-8-16-23-19(29)27(42-16)37-13-35-21-15(31-11-33-25(21)37)7-5-3-2-4-6-14-20-24(32-10-30-14)36(12-34-20)26-18(28)22(44-46)17(43-26)9-41-47(39,48)45-23/h2-3,10-13,16-19,22-23,26-27H,4-9H2,1H3,(H,39,48)/b3-2+/t16-,17-,18-,19-,22-,23-,26-,27-,46+,47?/m1/s1. The first kappa shape index (κ1) is 32.5. The fraction of sp³-hybridized carbons (Fsp3) is 0.556. The molecule has 9 heterocycles. The number of hydrogen-bond acceptors (Lipinski definition) is 14. The molecule has 1 N–H and O–H groups in total. The molecule has 0 spiro atoms. The predicted molar refractivity (Wildman–Crippen MR) is 166 cm³/mol. The molecule has 0 amide bonds. The lowest BCUT2D eigenvalue weighted by Gasteiger charge is -2.29. The Kier molecular flexibility index (Phi) is 8.51. The summed E-state index contributed by atoms with van der Waals surface area (Å²) in [4.78, 5) is 37.4. The van der Waals surface area contributed by atoms with Crippen molar-refractivity contribution in [1.29, 1.82) is 0 Å². The maximum absolute atomic E-state index is 16.3. The van der Waals surface area contributed by atoms with Crippen molar-refractivity contribution >= 4 is 48.4 Å². The van der Waals surface area contributed by atoms with E-state index in [2.05, 4.69) is 29.9 Å². The third-order valence-corrected chi connectivity index (χ3v) is 11.5. The van der Waals surface area contributed by atoms with Crippen LogP contribution < -0.4 is 0 Å². The number of aryl methyl sites for hydroxylation is 2. The van der Waals surface area contributed by atoms with E-state index in [1.165, 1.54) is 34.4 Å². The number of alkyl halides is 2. The minimum absolute atomic E-state index is 0.314. The quantitative estimate of drug-likeness (QED) is 0.206. The summed E-state index contributed by atoms with van der Waals surface area (Å²) < 4.78 is 83.7. The molecular weight excluding hydrogens is 696 g/mol. The average molecular weight is 727 g/mol.